The van der Waals surface area contributed by atoms with Gasteiger partial charge < -0.3 is 0 Å². The van der Waals surface area contributed by atoms with Gasteiger partial charge in [-0.05, 0) is 94.7 Å². The highest BCUT2D eigenvalue weighted by Gasteiger charge is 2.18. The Labute approximate surface area is 336 Å². The summed E-state index contributed by atoms with van der Waals surface area (Å²) in [6, 6.07) is 75.4. The maximum absolute atomic E-state index is 5.18. The lowest BCUT2D eigenvalue weighted by Crippen LogP contribution is -2.00. The number of aromatic nitrogens is 3. The molecule has 0 radical (unpaired) electrons. The zero-order valence-electron chi connectivity index (χ0n) is 31.5. The molecule has 0 aliphatic heterocycles. The first kappa shape index (κ1) is 33.6. The fourth-order valence-corrected chi connectivity index (χ4v) is 8.53. The maximum atomic E-state index is 5.18. The monoisotopic (exact) mass is 737 g/mol. The van der Waals surface area contributed by atoms with Crippen LogP contribution in [-0.2, 0) is 0 Å². The van der Waals surface area contributed by atoms with E-state index in [1.807, 2.05) is 24.3 Å². The van der Waals surface area contributed by atoms with Crippen LogP contribution < -0.4 is 0 Å². The van der Waals surface area contributed by atoms with E-state index in [4.69, 9.17) is 15.0 Å². The molecule has 11 rings (SSSR count). The van der Waals surface area contributed by atoms with Crippen molar-refractivity contribution in [1.82, 2.24) is 15.0 Å². The molecule has 11 aromatic rings. The number of nitrogens with zero attached hydrogens (tertiary/aromatic N) is 3. The third-order valence-electron chi connectivity index (χ3n) is 11.3. The first-order valence-electron chi connectivity index (χ1n) is 19.7. The second-order valence-electron chi connectivity index (χ2n) is 14.8. The largest absolute Gasteiger partial charge is 0.208 e. The van der Waals surface area contributed by atoms with Crippen LogP contribution >= 0.6 is 0 Å². The molecule has 0 saturated heterocycles. The lowest BCUT2D eigenvalue weighted by Gasteiger charge is -2.17. The highest BCUT2D eigenvalue weighted by Crippen LogP contribution is 2.42. The van der Waals surface area contributed by atoms with Crippen molar-refractivity contribution >= 4 is 43.1 Å². The Kier molecular flexibility index (Phi) is 8.15. The van der Waals surface area contributed by atoms with Crippen molar-refractivity contribution in [1.29, 1.82) is 0 Å². The third kappa shape index (κ3) is 5.89. The van der Waals surface area contributed by atoms with Crippen molar-refractivity contribution in [3.05, 3.63) is 212 Å². The van der Waals surface area contributed by atoms with Gasteiger partial charge in [-0.1, -0.05) is 194 Å². The average molecular weight is 738 g/mol. The molecule has 1 aromatic heterocycles. The molecule has 0 bridgehead atoms. The van der Waals surface area contributed by atoms with E-state index in [9.17, 15) is 0 Å². The summed E-state index contributed by atoms with van der Waals surface area (Å²) in [5.41, 5.74) is 9.68. The van der Waals surface area contributed by atoms with Gasteiger partial charge in [-0.2, -0.15) is 0 Å². The highest BCUT2D eigenvalue weighted by atomic mass is 15.0. The summed E-state index contributed by atoms with van der Waals surface area (Å²) in [5.74, 6) is 1.90. The minimum atomic E-state index is 0.627. The number of benzene rings is 10. The van der Waals surface area contributed by atoms with Crippen molar-refractivity contribution in [2.75, 3.05) is 0 Å². The summed E-state index contributed by atoms with van der Waals surface area (Å²) in [5, 5.41) is 9.98. The smallest absolute Gasteiger partial charge is 0.164 e. The van der Waals surface area contributed by atoms with Crippen LogP contribution in [0.25, 0.3) is 111 Å². The molecule has 3 heteroatoms. The summed E-state index contributed by atoms with van der Waals surface area (Å²) in [7, 11) is 0. The van der Waals surface area contributed by atoms with Crippen LogP contribution in [0.3, 0.4) is 0 Å². The van der Waals surface area contributed by atoms with E-state index in [0.717, 1.165) is 33.4 Å². The van der Waals surface area contributed by atoms with E-state index >= 15 is 0 Å². The standard InChI is InChI=1S/C55H35N3/c1-3-15-36(16-4-1)39-20-13-22-42(33-39)54-56-53(38-18-5-2-6-19-38)57-55(58-54)43-23-14-21-41(34-43)52-44-24-8-7-17-37(44)29-31-45(52)40-30-32-50-48-27-10-9-25-46(48)47-26-11-12-28-49(47)51(50)35-40/h1-35H. The number of fused-ring (bicyclic) bond motifs is 7. The molecule has 1 heterocycles. The molecule has 0 aliphatic rings. The minimum Gasteiger partial charge on any atom is -0.208 e. The lowest BCUT2D eigenvalue weighted by atomic mass is 9.87. The molecule has 0 N–H and O–H groups in total. The van der Waals surface area contributed by atoms with Crippen molar-refractivity contribution in [3.63, 3.8) is 0 Å². The summed E-state index contributed by atoms with van der Waals surface area (Å²) >= 11 is 0. The number of rotatable bonds is 6. The third-order valence-corrected chi connectivity index (χ3v) is 11.3. The predicted octanol–water partition coefficient (Wildman–Crippen LogP) is 14.5. The van der Waals surface area contributed by atoms with Crippen molar-refractivity contribution in [2.24, 2.45) is 0 Å². The van der Waals surface area contributed by atoms with Gasteiger partial charge >= 0.3 is 0 Å². The van der Waals surface area contributed by atoms with Gasteiger partial charge in [-0.15, -0.1) is 0 Å². The van der Waals surface area contributed by atoms with Crippen LogP contribution in [0.2, 0.25) is 0 Å². The first-order valence-corrected chi connectivity index (χ1v) is 19.7. The molecular formula is C55H35N3. The molecule has 0 spiro atoms. The minimum absolute atomic E-state index is 0.627. The number of hydrogen-bond donors (Lipinski definition) is 0. The second kappa shape index (κ2) is 14.1. The van der Waals surface area contributed by atoms with Crippen molar-refractivity contribution in [2.45, 2.75) is 0 Å². The molecule has 0 saturated carbocycles. The van der Waals surface area contributed by atoms with Crippen LogP contribution in [0.15, 0.2) is 212 Å². The van der Waals surface area contributed by atoms with E-state index < -0.39 is 0 Å². The fourth-order valence-electron chi connectivity index (χ4n) is 8.53. The summed E-state index contributed by atoms with van der Waals surface area (Å²) in [6.45, 7) is 0. The Morgan fingerprint density at radius 2 is 0.672 bits per heavy atom. The van der Waals surface area contributed by atoms with E-state index in [0.29, 0.717) is 17.5 Å². The predicted molar refractivity (Wildman–Crippen MR) is 242 cm³/mol. The Bertz CT molecular complexity index is 3300. The van der Waals surface area contributed by atoms with E-state index in [1.54, 1.807) is 0 Å². The molecule has 10 aromatic carbocycles. The van der Waals surface area contributed by atoms with Gasteiger partial charge in [-0.25, -0.2) is 15.0 Å². The molecule has 0 amide bonds. The molecule has 270 valence electrons. The van der Waals surface area contributed by atoms with Gasteiger partial charge in [0, 0.05) is 16.7 Å². The average Bonchev–Trinajstić information content (AvgIpc) is 3.31. The van der Waals surface area contributed by atoms with Gasteiger partial charge in [0.2, 0.25) is 0 Å². The Balaban J connectivity index is 1.10. The van der Waals surface area contributed by atoms with Gasteiger partial charge in [0.15, 0.2) is 17.5 Å². The molecule has 3 nitrogen and oxygen atoms in total. The van der Waals surface area contributed by atoms with Crippen LogP contribution in [0.1, 0.15) is 0 Å². The zero-order valence-corrected chi connectivity index (χ0v) is 31.5. The van der Waals surface area contributed by atoms with E-state index in [2.05, 4.69) is 188 Å². The van der Waals surface area contributed by atoms with Gasteiger partial charge in [0.05, 0.1) is 0 Å². The number of hydrogen-bond acceptors (Lipinski definition) is 3. The fraction of sp³-hybridized carbons (Fsp3) is 0. The topological polar surface area (TPSA) is 38.7 Å². The van der Waals surface area contributed by atoms with Crippen molar-refractivity contribution < 1.29 is 0 Å². The van der Waals surface area contributed by atoms with Crippen LogP contribution in [0.5, 0.6) is 0 Å². The second-order valence-corrected chi connectivity index (χ2v) is 14.8. The van der Waals surface area contributed by atoms with Gasteiger partial charge in [0.25, 0.3) is 0 Å². The van der Waals surface area contributed by atoms with Crippen LogP contribution in [0, 0.1) is 0 Å². The zero-order chi connectivity index (χ0) is 38.4. The molecule has 0 fully saturated rings. The highest BCUT2D eigenvalue weighted by molar-refractivity contribution is 6.26. The van der Waals surface area contributed by atoms with Gasteiger partial charge in [-0.3, -0.25) is 0 Å². The lowest BCUT2D eigenvalue weighted by molar-refractivity contribution is 1.07. The quantitative estimate of drug-likeness (QED) is 0.160. The molecule has 58 heavy (non-hydrogen) atoms. The van der Waals surface area contributed by atoms with Crippen LogP contribution in [-0.4, -0.2) is 15.0 Å². The Morgan fingerprint density at radius 3 is 1.31 bits per heavy atom. The van der Waals surface area contributed by atoms with Gasteiger partial charge in [0.1, 0.15) is 0 Å². The van der Waals surface area contributed by atoms with Crippen molar-refractivity contribution in [3.8, 4) is 67.5 Å². The SMILES string of the molecule is c1ccc(-c2cccc(-c3nc(-c4ccccc4)nc(-c4cccc(-c5c(-c6ccc7c8ccccc8c8ccccc8c7c6)ccc6ccccc56)c4)n3)c2)cc1. The molecular weight excluding hydrogens is 703 g/mol. The Hall–Kier alpha value is -7.75. The normalized spacial score (nSPS) is 11.4. The van der Waals surface area contributed by atoms with E-state index in [-0.39, 0.29) is 0 Å². The maximum Gasteiger partial charge on any atom is 0.164 e. The molecule has 0 aliphatic carbocycles. The molecule has 0 atom stereocenters. The van der Waals surface area contributed by atoms with E-state index in [1.165, 1.54) is 59.8 Å². The first-order chi connectivity index (χ1) is 28.7. The summed E-state index contributed by atoms with van der Waals surface area (Å²) in [6.07, 6.45) is 0. The summed E-state index contributed by atoms with van der Waals surface area (Å²) < 4.78 is 0. The Morgan fingerprint density at radius 1 is 0.224 bits per heavy atom. The van der Waals surface area contributed by atoms with Crippen LogP contribution in [0.4, 0.5) is 0 Å². The molecule has 0 unspecified atom stereocenters. The summed E-state index contributed by atoms with van der Waals surface area (Å²) in [4.78, 5) is 15.4.